The summed E-state index contributed by atoms with van der Waals surface area (Å²) in [6.07, 6.45) is 2.59. The highest BCUT2D eigenvalue weighted by atomic mass is 16.3. The van der Waals surface area contributed by atoms with Crippen LogP contribution in [0.1, 0.15) is 42.6 Å². The molecule has 26 heavy (non-hydrogen) atoms. The molecule has 1 aromatic carbocycles. The molecule has 1 amide bonds. The first-order valence-electron chi connectivity index (χ1n) is 9.57. The predicted molar refractivity (Wildman–Crippen MR) is 102 cm³/mol. The summed E-state index contributed by atoms with van der Waals surface area (Å²) in [5, 5.41) is 14.0. The summed E-state index contributed by atoms with van der Waals surface area (Å²) in [4.78, 5) is 26.9. The van der Waals surface area contributed by atoms with E-state index in [4.69, 9.17) is 0 Å². The van der Waals surface area contributed by atoms with Crippen molar-refractivity contribution >= 4 is 16.8 Å². The number of quaternary nitrogens is 1. The van der Waals surface area contributed by atoms with E-state index in [-0.39, 0.29) is 11.3 Å². The normalized spacial score (nSPS) is 13.3. The van der Waals surface area contributed by atoms with Crippen molar-refractivity contribution in [2.24, 2.45) is 0 Å². The molecule has 3 rings (SSSR count). The quantitative estimate of drug-likeness (QED) is 0.638. The first-order chi connectivity index (χ1) is 12.6. The molecular formula is C20H28N3O3+. The van der Waals surface area contributed by atoms with Crippen molar-refractivity contribution in [1.29, 1.82) is 0 Å². The van der Waals surface area contributed by atoms with Crippen LogP contribution in [0.15, 0.2) is 23.0 Å². The molecule has 6 nitrogen and oxygen atoms in total. The Labute approximate surface area is 153 Å². The lowest BCUT2D eigenvalue weighted by molar-refractivity contribution is -0.896. The van der Waals surface area contributed by atoms with E-state index >= 15 is 0 Å². The molecule has 1 aromatic heterocycles. The summed E-state index contributed by atoms with van der Waals surface area (Å²) >= 11 is 0. The largest absolute Gasteiger partial charge is 0.506 e. The number of rotatable bonds is 7. The molecule has 0 fully saturated rings. The molecule has 0 bridgehead atoms. The van der Waals surface area contributed by atoms with Crippen molar-refractivity contribution in [2.75, 3.05) is 26.2 Å². The second kappa shape index (κ2) is 7.91. The van der Waals surface area contributed by atoms with E-state index in [1.165, 1.54) is 4.90 Å². The second-order valence-corrected chi connectivity index (χ2v) is 6.91. The van der Waals surface area contributed by atoms with E-state index in [2.05, 4.69) is 19.2 Å². The van der Waals surface area contributed by atoms with Crippen molar-refractivity contribution < 1.29 is 14.8 Å². The molecular weight excluding hydrogens is 330 g/mol. The molecule has 0 saturated heterocycles. The van der Waals surface area contributed by atoms with Gasteiger partial charge in [0.1, 0.15) is 11.3 Å². The van der Waals surface area contributed by atoms with E-state index in [1.807, 2.05) is 12.1 Å². The minimum absolute atomic E-state index is 0.133. The highest BCUT2D eigenvalue weighted by Gasteiger charge is 2.24. The van der Waals surface area contributed by atoms with E-state index in [9.17, 15) is 14.7 Å². The molecule has 140 valence electrons. The van der Waals surface area contributed by atoms with Crippen molar-refractivity contribution in [1.82, 2.24) is 9.88 Å². The first kappa shape index (κ1) is 18.5. The molecule has 0 spiro atoms. The Kier molecular flexibility index (Phi) is 5.61. The smallest absolute Gasteiger partial charge is 0.267 e. The standard InChI is InChI=1S/C20H27N3O3/c1-3-22(4-2)12-7-11-21-19(25)16-18(24)15-10-5-8-14-9-6-13-23(17(14)15)20(16)26/h5,8,10,24H,3-4,6-7,9,11-13H2,1-2H3,(H,21,25)/p+1. The van der Waals surface area contributed by atoms with Gasteiger partial charge in [0.15, 0.2) is 0 Å². The number of hydrogen-bond acceptors (Lipinski definition) is 3. The monoisotopic (exact) mass is 358 g/mol. The number of aryl methyl sites for hydroxylation is 2. The van der Waals surface area contributed by atoms with E-state index in [0.29, 0.717) is 18.5 Å². The maximum absolute atomic E-state index is 12.8. The van der Waals surface area contributed by atoms with Crippen LogP contribution in [0.2, 0.25) is 0 Å². The molecule has 2 aromatic rings. The third-order valence-electron chi connectivity index (χ3n) is 5.39. The van der Waals surface area contributed by atoms with Gasteiger partial charge < -0.3 is 19.9 Å². The Morgan fingerprint density at radius 3 is 2.81 bits per heavy atom. The Morgan fingerprint density at radius 2 is 2.08 bits per heavy atom. The third-order valence-corrected chi connectivity index (χ3v) is 5.39. The number of hydrogen-bond donors (Lipinski definition) is 3. The zero-order chi connectivity index (χ0) is 18.7. The Balaban J connectivity index is 1.84. The van der Waals surface area contributed by atoms with Crippen molar-refractivity contribution in [2.45, 2.75) is 39.7 Å². The van der Waals surface area contributed by atoms with E-state index in [0.717, 1.165) is 50.0 Å². The van der Waals surface area contributed by atoms with Gasteiger partial charge in [0, 0.05) is 24.9 Å². The number of amides is 1. The highest BCUT2D eigenvalue weighted by molar-refractivity contribution is 6.02. The highest BCUT2D eigenvalue weighted by Crippen LogP contribution is 2.31. The zero-order valence-electron chi connectivity index (χ0n) is 15.6. The summed E-state index contributed by atoms with van der Waals surface area (Å²) in [5.41, 5.74) is 1.29. The molecule has 2 heterocycles. The van der Waals surface area contributed by atoms with Crippen LogP contribution >= 0.6 is 0 Å². The van der Waals surface area contributed by atoms with Gasteiger partial charge in [-0.2, -0.15) is 0 Å². The zero-order valence-corrected chi connectivity index (χ0v) is 15.6. The minimum Gasteiger partial charge on any atom is -0.506 e. The molecule has 6 heteroatoms. The molecule has 3 N–H and O–H groups in total. The molecule has 1 aliphatic heterocycles. The van der Waals surface area contributed by atoms with Gasteiger partial charge in [0.05, 0.1) is 25.2 Å². The van der Waals surface area contributed by atoms with Crippen LogP contribution in [-0.4, -0.2) is 41.8 Å². The Hall–Kier alpha value is -2.34. The number of aromatic nitrogens is 1. The average Bonchev–Trinajstić information content (AvgIpc) is 2.66. The third kappa shape index (κ3) is 3.33. The summed E-state index contributed by atoms with van der Waals surface area (Å²) in [6, 6.07) is 5.62. The molecule has 0 unspecified atom stereocenters. The van der Waals surface area contributed by atoms with Crippen molar-refractivity contribution in [3.8, 4) is 5.75 Å². The molecule has 0 radical (unpaired) electrons. The number of carbonyl (C=O) groups is 1. The minimum atomic E-state index is -0.483. The Morgan fingerprint density at radius 1 is 1.31 bits per heavy atom. The number of benzene rings is 1. The van der Waals surface area contributed by atoms with Crippen LogP contribution in [0.4, 0.5) is 0 Å². The van der Waals surface area contributed by atoms with Gasteiger partial charge in [-0.1, -0.05) is 12.1 Å². The number of carbonyl (C=O) groups excluding carboxylic acids is 1. The van der Waals surface area contributed by atoms with Crippen LogP contribution < -0.4 is 15.8 Å². The summed E-state index contributed by atoms with van der Waals surface area (Å²) in [5.74, 6) is -0.680. The SMILES string of the molecule is CC[NH+](CC)CCCNC(=O)c1c(O)c2cccc3c2n(c1=O)CCC3. The molecule has 0 aliphatic carbocycles. The molecule has 0 atom stereocenters. The van der Waals surface area contributed by atoms with Gasteiger partial charge in [-0.05, 0) is 38.3 Å². The van der Waals surface area contributed by atoms with E-state index in [1.54, 1.807) is 10.6 Å². The number of nitrogens with one attached hydrogen (secondary N) is 2. The van der Waals surface area contributed by atoms with E-state index < -0.39 is 11.5 Å². The Bertz CT molecular complexity index is 869. The van der Waals surface area contributed by atoms with Crippen LogP contribution in [0.3, 0.4) is 0 Å². The fourth-order valence-corrected chi connectivity index (χ4v) is 3.85. The summed E-state index contributed by atoms with van der Waals surface area (Å²) < 4.78 is 1.64. The topological polar surface area (TPSA) is 75.8 Å². The van der Waals surface area contributed by atoms with Crippen LogP contribution in [0, 0.1) is 0 Å². The molecule has 1 aliphatic rings. The van der Waals surface area contributed by atoms with Crippen molar-refractivity contribution in [3.05, 3.63) is 39.7 Å². The summed E-state index contributed by atoms with van der Waals surface area (Å²) in [7, 11) is 0. The average molecular weight is 358 g/mol. The second-order valence-electron chi connectivity index (χ2n) is 6.91. The number of pyridine rings is 1. The van der Waals surface area contributed by atoms with Gasteiger partial charge in [-0.15, -0.1) is 0 Å². The van der Waals surface area contributed by atoms with Crippen LogP contribution in [-0.2, 0) is 13.0 Å². The van der Waals surface area contributed by atoms with Crippen molar-refractivity contribution in [3.63, 3.8) is 0 Å². The van der Waals surface area contributed by atoms with Gasteiger partial charge >= 0.3 is 0 Å². The van der Waals surface area contributed by atoms with Gasteiger partial charge in [0.25, 0.3) is 11.5 Å². The van der Waals surface area contributed by atoms with Gasteiger partial charge in [0.2, 0.25) is 0 Å². The maximum Gasteiger partial charge on any atom is 0.267 e. The number of para-hydroxylation sites is 1. The number of aromatic hydroxyl groups is 1. The van der Waals surface area contributed by atoms with Crippen LogP contribution in [0.25, 0.3) is 10.9 Å². The lowest BCUT2D eigenvalue weighted by atomic mass is 9.99. The first-order valence-corrected chi connectivity index (χ1v) is 9.57. The van der Waals surface area contributed by atoms with Crippen LogP contribution in [0.5, 0.6) is 5.75 Å². The van der Waals surface area contributed by atoms with Gasteiger partial charge in [-0.25, -0.2) is 0 Å². The predicted octanol–water partition coefficient (Wildman–Crippen LogP) is 0.698. The summed E-state index contributed by atoms with van der Waals surface area (Å²) in [6.45, 7) is 8.46. The van der Waals surface area contributed by atoms with Gasteiger partial charge in [-0.3, -0.25) is 9.59 Å². The maximum atomic E-state index is 12.8. The molecule has 0 saturated carbocycles. The fourth-order valence-electron chi connectivity index (χ4n) is 3.85. The fraction of sp³-hybridized carbons (Fsp3) is 0.500. The lowest BCUT2D eigenvalue weighted by Crippen LogP contribution is -3.11. The number of nitrogens with zero attached hydrogens (tertiary/aromatic N) is 1. The lowest BCUT2D eigenvalue weighted by Gasteiger charge is -2.21.